The second kappa shape index (κ2) is 4.94. The molecule has 0 N–H and O–H groups in total. The van der Waals surface area contributed by atoms with Crippen LogP contribution in [-0.4, -0.2) is 12.1 Å². The van der Waals surface area contributed by atoms with Crippen molar-refractivity contribution in [2.45, 2.75) is 32.6 Å². The van der Waals surface area contributed by atoms with Crippen molar-refractivity contribution in [3.8, 4) is 0 Å². The third-order valence-corrected chi connectivity index (χ3v) is 4.43. The average Bonchev–Trinajstić information content (AvgIpc) is 2.45. The van der Waals surface area contributed by atoms with E-state index in [1.54, 1.807) is 0 Å². The number of aryl methyl sites for hydroxylation is 1. The Bertz CT molecular complexity index is 331. The standard InChI is InChI=1S/C10H14BrO2S/c1-4-14-6-8(11)5-9(14)10(12)13-7(2)3/h5-7H,4H2,1-3H3/q+1. The largest absolute Gasteiger partial charge is 0.456 e. The van der Waals surface area contributed by atoms with Crippen LogP contribution in [0.4, 0.5) is 0 Å². The Balaban J connectivity index is 2.88. The lowest BCUT2D eigenvalue weighted by atomic mass is 10.4. The number of carbonyl (C=O) groups excluding carboxylic acids is 1. The maximum Gasteiger partial charge on any atom is 0.391 e. The Morgan fingerprint density at radius 2 is 2.29 bits per heavy atom. The van der Waals surface area contributed by atoms with Crippen LogP contribution in [-0.2, 0) is 10.5 Å². The zero-order valence-electron chi connectivity index (χ0n) is 8.54. The molecule has 0 spiro atoms. The minimum absolute atomic E-state index is 0.0509. The van der Waals surface area contributed by atoms with Gasteiger partial charge in [0.15, 0.2) is 5.38 Å². The zero-order chi connectivity index (χ0) is 10.7. The van der Waals surface area contributed by atoms with Crippen LogP contribution in [0.15, 0.2) is 15.9 Å². The van der Waals surface area contributed by atoms with Gasteiger partial charge in [0.2, 0.25) is 0 Å². The fraction of sp³-hybridized carbons (Fsp3) is 0.500. The number of halogens is 1. The molecular weight excluding hydrogens is 264 g/mol. The van der Waals surface area contributed by atoms with E-state index in [0.29, 0.717) is 0 Å². The molecule has 0 aliphatic rings. The first-order valence-electron chi connectivity index (χ1n) is 4.54. The van der Waals surface area contributed by atoms with Crippen molar-refractivity contribution in [1.29, 1.82) is 0 Å². The van der Waals surface area contributed by atoms with Crippen molar-refractivity contribution >= 4 is 32.4 Å². The van der Waals surface area contributed by atoms with Crippen molar-refractivity contribution in [2.24, 2.45) is 0 Å². The third-order valence-electron chi connectivity index (χ3n) is 1.66. The first-order valence-corrected chi connectivity index (χ1v) is 6.79. The Labute approximate surface area is 95.4 Å². The van der Waals surface area contributed by atoms with Crippen molar-refractivity contribution in [1.82, 2.24) is 0 Å². The zero-order valence-corrected chi connectivity index (χ0v) is 10.9. The number of ether oxygens (including phenoxy) is 1. The molecule has 1 heterocycles. The molecule has 0 fully saturated rings. The molecule has 1 aromatic heterocycles. The van der Waals surface area contributed by atoms with E-state index >= 15 is 0 Å². The maximum atomic E-state index is 11.6. The summed E-state index contributed by atoms with van der Waals surface area (Å²) in [5.74, 6) is 0.768. The molecule has 2 nitrogen and oxygen atoms in total. The van der Waals surface area contributed by atoms with Crippen molar-refractivity contribution in [3.05, 3.63) is 20.8 Å². The maximum absolute atomic E-state index is 11.6. The molecule has 1 unspecified atom stereocenters. The molecule has 0 aliphatic heterocycles. The van der Waals surface area contributed by atoms with Gasteiger partial charge in [-0.05, 0) is 47.2 Å². The summed E-state index contributed by atoms with van der Waals surface area (Å²) in [6, 6.07) is 1.86. The third kappa shape index (κ3) is 2.82. The van der Waals surface area contributed by atoms with Crippen LogP contribution in [0.3, 0.4) is 0 Å². The summed E-state index contributed by atoms with van der Waals surface area (Å²) in [7, 11) is -0.0710. The van der Waals surface area contributed by atoms with E-state index in [0.717, 1.165) is 15.1 Å². The number of carbonyl (C=O) groups is 1. The van der Waals surface area contributed by atoms with Gasteiger partial charge in [-0.3, -0.25) is 0 Å². The van der Waals surface area contributed by atoms with Crippen molar-refractivity contribution in [2.75, 3.05) is 0 Å². The molecule has 0 bridgehead atoms. The fourth-order valence-electron chi connectivity index (χ4n) is 1.11. The van der Waals surface area contributed by atoms with Crippen LogP contribution >= 0.6 is 26.4 Å². The molecule has 1 atom stereocenters. The molecule has 14 heavy (non-hydrogen) atoms. The predicted molar refractivity (Wildman–Crippen MR) is 62.8 cm³/mol. The van der Waals surface area contributed by atoms with Gasteiger partial charge in [-0.2, -0.15) is 0 Å². The number of thiophene rings is 1. The molecule has 78 valence electrons. The second-order valence-corrected chi connectivity index (χ2v) is 6.21. The van der Waals surface area contributed by atoms with Gasteiger partial charge in [0.05, 0.1) is 10.6 Å². The molecular formula is C10H14BrO2S+. The van der Waals surface area contributed by atoms with Gasteiger partial charge in [-0.1, -0.05) is 0 Å². The lowest BCUT2D eigenvalue weighted by molar-refractivity contribution is 0.0383. The van der Waals surface area contributed by atoms with Crippen LogP contribution in [0.5, 0.6) is 0 Å². The number of esters is 1. The molecule has 4 heteroatoms. The smallest absolute Gasteiger partial charge is 0.391 e. The Hall–Kier alpha value is -0.350. The topological polar surface area (TPSA) is 26.3 Å². The van der Waals surface area contributed by atoms with Crippen LogP contribution < -0.4 is 0 Å². The molecule has 0 amide bonds. The highest BCUT2D eigenvalue weighted by molar-refractivity contribution is 9.10. The second-order valence-electron chi connectivity index (χ2n) is 3.18. The van der Waals surface area contributed by atoms with Crippen molar-refractivity contribution in [3.63, 3.8) is 0 Å². The van der Waals surface area contributed by atoms with Crippen LogP contribution in [0, 0.1) is 0 Å². The quantitative estimate of drug-likeness (QED) is 0.621. The summed E-state index contributed by atoms with van der Waals surface area (Å²) >= 11 is 3.38. The fourth-order valence-corrected chi connectivity index (χ4v) is 3.65. The van der Waals surface area contributed by atoms with Crippen LogP contribution in [0.2, 0.25) is 0 Å². The predicted octanol–water partition coefficient (Wildman–Crippen LogP) is 3.78. The van der Waals surface area contributed by atoms with Crippen LogP contribution in [0.25, 0.3) is 0 Å². The highest BCUT2D eigenvalue weighted by Gasteiger charge is 2.24. The summed E-state index contributed by atoms with van der Waals surface area (Å²) in [6.07, 6.45) is -0.0509. The van der Waals surface area contributed by atoms with Crippen molar-refractivity contribution < 1.29 is 9.53 Å². The number of hydrogen-bond acceptors (Lipinski definition) is 2. The number of hydrogen-bond donors (Lipinski definition) is 0. The van der Waals surface area contributed by atoms with Gasteiger partial charge in [-0.15, -0.1) is 0 Å². The van der Waals surface area contributed by atoms with Gasteiger partial charge >= 0.3 is 5.97 Å². The summed E-state index contributed by atoms with van der Waals surface area (Å²) in [5, 5.41) is 2.07. The SMILES string of the molecule is CC[s+]1cc(Br)cc1C(=O)OC(C)C. The molecule has 0 saturated heterocycles. The van der Waals surface area contributed by atoms with E-state index in [1.807, 2.05) is 19.9 Å². The Morgan fingerprint density at radius 1 is 1.64 bits per heavy atom. The van der Waals surface area contributed by atoms with Crippen LogP contribution in [0.1, 0.15) is 30.4 Å². The highest BCUT2D eigenvalue weighted by atomic mass is 79.9. The van der Waals surface area contributed by atoms with Gasteiger partial charge in [0.25, 0.3) is 4.88 Å². The average molecular weight is 278 g/mol. The van der Waals surface area contributed by atoms with E-state index in [2.05, 4.69) is 28.2 Å². The minimum atomic E-state index is -0.184. The van der Waals surface area contributed by atoms with E-state index < -0.39 is 0 Å². The molecule has 0 radical (unpaired) electrons. The molecule has 0 aliphatic carbocycles. The first-order chi connectivity index (χ1) is 6.54. The molecule has 1 rings (SSSR count). The van der Waals surface area contributed by atoms with Gasteiger partial charge in [0, 0.05) is 6.07 Å². The Kier molecular flexibility index (Phi) is 4.13. The van der Waals surface area contributed by atoms with E-state index in [4.69, 9.17) is 4.74 Å². The van der Waals surface area contributed by atoms with Gasteiger partial charge in [0.1, 0.15) is 5.75 Å². The van der Waals surface area contributed by atoms with E-state index in [1.165, 1.54) is 0 Å². The summed E-state index contributed by atoms with van der Waals surface area (Å²) < 4.78 is 6.14. The summed E-state index contributed by atoms with van der Waals surface area (Å²) in [4.78, 5) is 12.4. The minimum Gasteiger partial charge on any atom is -0.456 e. The monoisotopic (exact) mass is 277 g/mol. The lowest BCUT2D eigenvalue weighted by Gasteiger charge is -2.04. The van der Waals surface area contributed by atoms with E-state index in [-0.39, 0.29) is 22.5 Å². The van der Waals surface area contributed by atoms with Gasteiger partial charge < -0.3 is 4.74 Å². The summed E-state index contributed by atoms with van der Waals surface area (Å²) in [6.45, 7) is 5.79. The Morgan fingerprint density at radius 3 is 2.79 bits per heavy atom. The highest BCUT2D eigenvalue weighted by Crippen LogP contribution is 2.32. The molecule has 0 saturated carbocycles. The lowest BCUT2D eigenvalue weighted by Crippen LogP contribution is -2.10. The van der Waals surface area contributed by atoms with E-state index in [9.17, 15) is 4.79 Å². The first kappa shape index (κ1) is 11.7. The normalized spacial score (nSPS) is 11.9. The summed E-state index contributed by atoms with van der Waals surface area (Å²) in [5.41, 5.74) is 0. The molecule has 1 aromatic rings. The number of rotatable bonds is 3. The van der Waals surface area contributed by atoms with Gasteiger partial charge in [-0.25, -0.2) is 4.79 Å². The molecule has 0 aromatic carbocycles.